The number of fused-ring (bicyclic) bond motifs is 2. The molecule has 2 N–H and O–H groups in total. The van der Waals surface area contributed by atoms with Gasteiger partial charge in [-0.05, 0) is 43.5 Å². The lowest BCUT2D eigenvalue weighted by Crippen LogP contribution is -2.52. The van der Waals surface area contributed by atoms with Crippen LogP contribution in [0.15, 0.2) is 36.7 Å². The Labute approximate surface area is 237 Å². The molecule has 210 valence electrons. The zero-order valence-electron chi connectivity index (χ0n) is 22.0. The van der Waals surface area contributed by atoms with Crippen molar-refractivity contribution in [3.05, 3.63) is 70.0 Å². The van der Waals surface area contributed by atoms with E-state index in [1.807, 2.05) is 19.9 Å². The number of piperidine rings is 1. The molecule has 1 atom stereocenters. The molecule has 1 fully saturated rings. The molecule has 0 bridgehead atoms. The Morgan fingerprint density at radius 2 is 1.98 bits per heavy atom. The molecule has 0 saturated carbocycles. The molecule has 1 saturated heterocycles. The van der Waals surface area contributed by atoms with Crippen LogP contribution in [0, 0.1) is 11.6 Å². The van der Waals surface area contributed by atoms with Crippen LogP contribution >= 0.6 is 11.6 Å². The highest BCUT2D eigenvalue weighted by atomic mass is 35.5. The van der Waals surface area contributed by atoms with Gasteiger partial charge in [-0.2, -0.15) is 5.10 Å². The van der Waals surface area contributed by atoms with Crippen molar-refractivity contribution in [3.63, 3.8) is 0 Å². The van der Waals surface area contributed by atoms with Gasteiger partial charge in [0.2, 0.25) is 11.8 Å². The number of halogens is 3. The molecular weight excluding hydrogens is 556 g/mol. The number of nitrogens with zero attached hydrogens (tertiary/aromatic N) is 5. The highest BCUT2D eigenvalue weighted by molar-refractivity contribution is 6.33. The Hall–Kier alpha value is -4.45. The van der Waals surface area contributed by atoms with Crippen molar-refractivity contribution in [2.75, 3.05) is 5.32 Å². The van der Waals surface area contributed by atoms with Gasteiger partial charge < -0.3 is 10.2 Å². The lowest BCUT2D eigenvalue weighted by Gasteiger charge is -2.29. The molecule has 0 radical (unpaired) electrons. The summed E-state index contributed by atoms with van der Waals surface area (Å²) >= 11 is 6.27. The maximum atomic E-state index is 15.8. The largest absolute Gasteiger partial charge is 0.365 e. The maximum absolute atomic E-state index is 15.8. The van der Waals surface area contributed by atoms with Gasteiger partial charge in [0.25, 0.3) is 5.91 Å². The van der Waals surface area contributed by atoms with E-state index < -0.39 is 23.6 Å². The van der Waals surface area contributed by atoms with E-state index in [1.165, 1.54) is 11.1 Å². The van der Waals surface area contributed by atoms with Crippen LogP contribution < -0.4 is 10.6 Å². The van der Waals surface area contributed by atoms with Crippen LogP contribution in [-0.4, -0.2) is 54.5 Å². The van der Waals surface area contributed by atoms with E-state index in [1.54, 1.807) is 16.8 Å². The Bertz CT molecular complexity index is 1760. The predicted octanol–water partition coefficient (Wildman–Crippen LogP) is 4.05. The molecule has 2 aliphatic rings. The molecule has 10 nitrogen and oxygen atoms in total. The number of hydrogen-bond donors (Lipinski definition) is 2. The van der Waals surface area contributed by atoms with E-state index in [2.05, 4.69) is 25.7 Å². The highest BCUT2D eigenvalue weighted by Gasteiger charge is 2.39. The molecule has 1 aromatic carbocycles. The minimum absolute atomic E-state index is 0.0223. The monoisotopic (exact) mass is 579 g/mol. The first-order valence-corrected chi connectivity index (χ1v) is 13.4. The van der Waals surface area contributed by atoms with E-state index in [4.69, 9.17) is 11.6 Å². The Kier molecular flexibility index (Phi) is 6.65. The number of amides is 3. The number of hydrogen-bond acceptors (Lipinski definition) is 7. The van der Waals surface area contributed by atoms with E-state index in [9.17, 15) is 18.8 Å². The molecule has 6 rings (SSSR count). The topological polar surface area (TPSA) is 122 Å². The summed E-state index contributed by atoms with van der Waals surface area (Å²) in [6, 6.07) is 5.58. The summed E-state index contributed by atoms with van der Waals surface area (Å²) in [6.07, 6.45) is 2.89. The summed E-state index contributed by atoms with van der Waals surface area (Å²) in [6.45, 7) is 4.16. The molecule has 3 aromatic heterocycles. The van der Waals surface area contributed by atoms with Gasteiger partial charge in [-0.1, -0.05) is 23.7 Å². The van der Waals surface area contributed by atoms with E-state index in [0.29, 0.717) is 16.6 Å². The highest BCUT2D eigenvalue weighted by Crippen LogP contribution is 2.37. The number of carbonyl (C=O) groups excluding carboxylic acids is 3. The second kappa shape index (κ2) is 10.2. The molecule has 0 aliphatic carbocycles. The van der Waals surface area contributed by atoms with Crippen LogP contribution in [0.5, 0.6) is 0 Å². The van der Waals surface area contributed by atoms with E-state index in [-0.39, 0.29) is 65.9 Å². The van der Waals surface area contributed by atoms with Crippen molar-refractivity contribution in [2.24, 2.45) is 0 Å². The SMILES string of the molecule is CC(C)Nc1nc2c(cnn2Cc2ccc3c(c2)CN([C@H]2CCC(=O)NC2=O)C3=O)c(-c2ncc(F)cc2Cl)c1F. The number of aromatic nitrogens is 4. The Balaban J connectivity index is 1.36. The normalized spacial score (nSPS) is 17.0. The molecule has 5 heterocycles. The smallest absolute Gasteiger partial charge is 0.255 e. The number of rotatable bonds is 6. The minimum Gasteiger partial charge on any atom is -0.365 e. The van der Waals surface area contributed by atoms with Gasteiger partial charge in [-0.3, -0.25) is 24.7 Å². The van der Waals surface area contributed by atoms with Crippen LogP contribution in [0.2, 0.25) is 5.02 Å². The maximum Gasteiger partial charge on any atom is 0.255 e. The van der Waals surface area contributed by atoms with Crippen LogP contribution in [0.1, 0.15) is 48.2 Å². The number of pyridine rings is 2. The summed E-state index contributed by atoms with van der Waals surface area (Å²) in [7, 11) is 0. The molecule has 4 aromatic rings. The zero-order chi connectivity index (χ0) is 29.0. The van der Waals surface area contributed by atoms with Crippen LogP contribution in [0.3, 0.4) is 0 Å². The number of imide groups is 1. The van der Waals surface area contributed by atoms with Crippen molar-refractivity contribution < 1.29 is 23.2 Å². The van der Waals surface area contributed by atoms with Gasteiger partial charge in [0.05, 0.1) is 40.6 Å². The first-order valence-electron chi connectivity index (χ1n) is 13.0. The second-order valence-corrected chi connectivity index (χ2v) is 10.8. The van der Waals surface area contributed by atoms with Gasteiger partial charge in [0, 0.05) is 24.6 Å². The molecule has 3 amide bonds. The quantitative estimate of drug-likeness (QED) is 0.330. The van der Waals surface area contributed by atoms with Crippen LogP contribution in [-0.2, 0) is 22.7 Å². The summed E-state index contributed by atoms with van der Waals surface area (Å²) in [5, 5.41) is 10.0. The molecular formula is C28H24ClF2N7O3. The third kappa shape index (κ3) is 4.77. The fourth-order valence-corrected chi connectivity index (χ4v) is 5.53. The predicted molar refractivity (Wildman–Crippen MR) is 146 cm³/mol. The van der Waals surface area contributed by atoms with Gasteiger partial charge in [-0.15, -0.1) is 0 Å². The van der Waals surface area contributed by atoms with Crippen LogP contribution in [0.4, 0.5) is 14.6 Å². The van der Waals surface area contributed by atoms with E-state index >= 15 is 4.39 Å². The second-order valence-electron chi connectivity index (χ2n) is 10.4. The fourth-order valence-electron chi connectivity index (χ4n) is 5.28. The molecule has 41 heavy (non-hydrogen) atoms. The van der Waals surface area contributed by atoms with Crippen LogP contribution in [0.25, 0.3) is 22.3 Å². The third-order valence-corrected chi connectivity index (χ3v) is 7.40. The van der Waals surface area contributed by atoms with Gasteiger partial charge in [0.1, 0.15) is 11.9 Å². The third-order valence-electron chi connectivity index (χ3n) is 7.12. The number of carbonyl (C=O) groups is 3. The number of benzene rings is 1. The molecule has 2 aliphatic heterocycles. The summed E-state index contributed by atoms with van der Waals surface area (Å²) in [4.78, 5) is 47.0. The summed E-state index contributed by atoms with van der Waals surface area (Å²) in [5.41, 5.74) is 2.51. The van der Waals surface area contributed by atoms with Crippen molar-refractivity contribution in [1.82, 2.24) is 30.0 Å². The average molecular weight is 580 g/mol. The zero-order valence-corrected chi connectivity index (χ0v) is 22.8. The first kappa shape index (κ1) is 26.8. The minimum atomic E-state index is -0.706. The van der Waals surface area contributed by atoms with Crippen molar-refractivity contribution >= 4 is 46.2 Å². The first-order chi connectivity index (χ1) is 19.6. The van der Waals surface area contributed by atoms with Crippen molar-refractivity contribution in [1.29, 1.82) is 0 Å². The number of nitrogens with one attached hydrogen (secondary N) is 2. The van der Waals surface area contributed by atoms with E-state index in [0.717, 1.165) is 23.4 Å². The summed E-state index contributed by atoms with van der Waals surface area (Å²) in [5.74, 6) is -2.43. The standard InChI is InChI=1S/C28H24ClF2N7O3/c1-13(2)34-25-23(31)22(24-19(29)8-16(30)9-32-24)18-10-33-38(26(18)36-25)11-14-3-4-17-15(7-14)12-37(28(17)41)20-5-6-21(39)35-27(20)40/h3-4,7-10,13,20H,5-6,11-12H2,1-2H3,(H,34,36)(H,35,39,40)/t20-/m0/s1. The van der Waals surface area contributed by atoms with Crippen molar-refractivity contribution in [3.8, 4) is 11.3 Å². The molecule has 0 spiro atoms. The molecule has 13 heteroatoms. The molecule has 0 unspecified atom stereocenters. The lowest BCUT2D eigenvalue weighted by molar-refractivity contribution is -0.136. The average Bonchev–Trinajstić information content (AvgIpc) is 3.45. The summed E-state index contributed by atoms with van der Waals surface area (Å²) < 4.78 is 31.1. The van der Waals surface area contributed by atoms with Crippen molar-refractivity contribution in [2.45, 2.75) is 51.9 Å². The lowest BCUT2D eigenvalue weighted by atomic mass is 10.0. The Morgan fingerprint density at radius 1 is 1.17 bits per heavy atom. The Morgan fingerprint density at radius 3 is 2.71 bits per heavy atom. The van der Waals surface area contributed by atoms with Gasteiger partial charge in [-0.25, -0.2) is 18.4 Å². The van der Waals surface area contributed by atoms with Gasteiger partial charge in [0.15, 0.2) is 17.3 Å². The fraction of sp³-hybridized carbons (Fsp3) is 0.286. The number of anilines is 1. The van der Waals surface area contributed by atoms with Gasteiger partial charge >= 0.3 is 0 Å².